The van der Waals surface area contributed by atoms with Gasteiger partial charge in [-0.15, -0.1) is 11.3 Å². The highest BCUT2D eigenvalue weighted by atomic mass is 35.5. The van der Waals surface area contributed by atoms with Gasteiger partial charge in [-0.3, -0.25) is 9.62 Å². The zero-order valence-electron chi connectivity index (χ0n) is 17.8. The summed E-state index contributed by atoms with van der Waals surface area (Å²) in [6, 6.07) is 2.79. The third-order valence-corrected chi connectivity index (χ3v) is 8.60. The van der Waals surface area contributed by atoms with Crippen LogP contribution in [0.15, 0.2) is 33.6 Å². The second kappa shape index (κ2) is 10.0. The number of rotatable bonds is 7. The van der Waals surface area contributed by atoms with Crippen molar-refractivity contribution in [1.82, 2.24) is 9.88 Å². The molecule has 2 aromatic rings. The van der Waals surface area contributed by atoms with Crippen molar-refractivity contribution < 1.29 is 12.8 Å². The highest BCUT2D eigenvalue weighted by Crippen LogP contribution is 2.34. The minimum Gasteiger partial charge on any atom is -0.379 e. The monoisotopic (exact) mass is 499 g/mol. The van der Waals surface area contributed by atoms with Crippen molar-refractivity contribution in [2.45, 2.75) is 49.1 Å². The van der Waals surface area contributed by atoms with E-state index in [-0.39, 0.29) is 16.2 Å². The summed E-state index contributed by atoms with van der Waals surface area (Å²) in [6.07, 6.45) is 8.86. The number of hydrogen-bond donors (Lipinski definition) is 2. The van der Waals surface area contributed by atoms with Gasteiger partial charge in [-0.05, 0) is 37.9 Å². The van der Waals surface area contributed by atoms with Crippen LogP contribution in [0.4, 0.5) is 15.2 Å². The van der Waals surface area contributed by atoms with E-state index in [0.29, 0.717) is 17.6 Å². The van der Waals surface area contributed by atoms with E-state index in [1.807, 2.05) is 6.21 Å². The molecule has 1 aromatic heterocycles. The zero-order chi connectivity index (χ0) is 22.7. The lowest BCUT2D eigenvalue weighted by atomic mass is 9.89. The number of nitrogens with zero attached hydrogens (tertiary/aromatic N) is 3. The fraction of sp³-hybridized carbons (Fsp3) is 0.524. The summed E-state index contributed by atoms with van der Waals surface area (Å²) in [5.41, 5.74) is 0.417. The van der Waals surface area contributed by atoms with Gasteiger partial charge in [-0.2, -0.15) is 0 Å². The number of hydrogen-bond acceptors (Lipinski definition) is 7. The Kier molecular flexibility index (Phi) is 7.34. The van der Waals surface area contributed by atoms with Gasteiger partial charge in [0.05, 0.1) is 10.7 Å². The van der Waals surface area contributed by atoms with Gasteiger partial charge >= 0.3 is 0 Å². The van der Waals surface area contributed by atoms with Gasteiger partial charge < -0.3 is 10.3 Å². The summed E-state index contributed by atoms with van der Waals surface area (Å²) in [5, 5.41) is 5.39. The van der Waals surface area contributed by atoms with Crippen LogP contribution in [0.25, 0.3) is 0 Å². The molecule has 3 atom stereocenters. The zero-order valence-corrected chi connectivity index (χ0v) is 20.2. The minimum atomic E-state index is -4.13. The number of aliphatic imine (C=N–C) groups is 1. The second-order valence-corrected chi connectivity index (χ2v) is 11.2. The lowest BCUT2D eigenvalue weighted by Crippen LogP contribution is -2.48. The van der Waals surface area contributed by atoms with E-state index in [4.69, 9.17) is 11.6 Å². The first kappa shape index (κ1) is 23.4. The van der Waals surface area contributed by atoms with Crippen LogP contribution in [0.1, 0.15) is 32.1 Å². The van der Waals surface area contributed by atoms with E-state index in [2.05, 4.69) is 24.9 Å². The number of nitrogens with one attached hydrogen (secondary N) is 2. The van der Waals surface area contributed by atoms with E-state index in [0.717, 1.165) is 62.6 Å². The number of likely N-dealkylation sites (tertiary alicyclic amines) is 1. The molecule has 0 spiro atoms. The normalized spacial score (nSPS) is 24.8. The van der Waals surface area contributed by atoms with Crippen molar-refractivity contribution in [3.63, 3.8) is 0 Å². The summed E-state index contributed by atoms with van der Waals surface area (Å²) in [6.45, 7) is 1.99. The summed E-state index contributed by atoms with van der Waals surface area (Å²) >= 11 is 7.53. The molecule has 174 valence electrons. The minimum absolute atomic E-state index is 0.119. The summed E-state index contributed by atoms with van der Waals surface area (Å²) in [5.74, 6) is -0.382. The van der Waals surface area contributed by atoms with Crippen molar-refractivity contribution in [1.29, 1.82) is 0 Å². The maximum atomic E-state index is 14.9. The Morgan fingerprint density at radius 1 is 1.31 bits per heavy atom. The first-order valence-corrected chi connectivity index (χ1v) is 13.5. The van der Waals surface area contributed by atoms with Gasteiger partial charge in [0.1, 0.15) is 10.7 Å². The van der Waals surface area contributed by atoms with Crippen molar-refractivity contribution in [2.75, 3.05) is 30.2 Å². The maximum Gasteiger partial charge on any atom is 0.266 e. The van der Waals surface area contributed by atoms with Crippen molar-refractivity contribution in [2.24, 2.45) is 10.9 Å². The van der Waals surface area contributed by atoms with Crippen LogP contribution >= 0.6 is 22.9 Å². The van der Waals surface area contributed by atoms with Gasteiger partial charge in [0.2, 0.25) is 0 Å². The largest absolute Gasteiger partial charge is 0.379 e. The second-order valence-electron chi connectivity index (χ2n) is 8.26. The smallest absolute Gasteiger partial charge is 0.266 e. The Labute approximate surface area is 197 Å². The summed E-state index contributed by atoms with van der Waals surface area (Å²) in [7, 11) is -2.33. The SMILES string of the molecule is CN=C[C@@H]1CCN([C@H]2CCCC[C@@H]2Nc2cc(F)c(S(=O)(=O)Nc3nccs3)cc2Cl)C1. The first-order chi connectivity index (χ1) is 15.4. The lowest BCUT2D eigenvalue weighted by Gasteiger charge is -2.39. The number of sulfonamides is 1. The molecule has 11 heteroatoms. The first-order valence-electron chi connectivity index (χ1n) is 10.7. The third-order valence-electron chi connectivity index (χ3n) is 6.12. The molecule has 0 amide bonds. The van der Waals surface area contributed by atoms with Crippen LogP contribution in [0.2, 0.25) is 5.02 Å². The van der Waals surface area contributed by atoms with Crippen LogP contribution in [0.5, 0.6) is 0 Å². The molecule has 1 saturated heterocycles. The number of benzene rings is 1. The average Bonchev–Trinajstić information content (AvgIpc) is 3.43. The number of aromatic nitrogens is 1. The van der Waals surface area contributed by atoms with Crippen LogP contribution in [-0.4, -0.2) is 56.7 Å². The Hall–Kier alpha value is -1.75. The van der Waals surface area contributed by atoms with Gasteiger partial charge in [-0.1, -0.05) is 24.4 Å². The molecule has 0 bridgehead atoms. The number of thiazole rings is 1. The standard InChI is InChI=1S/C21H27ClFN5O2S2/c1-24-12-14-6-8-28(13-14)19-5-3-2-4-17(19)26-18-11-16(23)20(10-15(18)22)32(29,30)27-21-25-7-9-31-21/h7,9-12,14,17,19,26H,2-6,8,13H2,1H3,(H,25,27)/t14-,17-,19-/m0/s1. The molecule has 2 N–H and O–H groups in total. The predicted octanol–water partition coefficient (Wildman–Crippen LogP) is 4.48. The molecule has 0 unspecified atom stereocenters. The molecule has 1 aromatic carbocycles. The van der Waals surface area contributed by atoms with Gasteiger partial charge in [-0.25, -0.2) is 17.8 Å². The molecular weight excluding hydrogens is 473 g/mol. The van der Waals surface area contributed by atoms with Crippen LogP contribution in [-0.2, 0) is 10.0 Å². The van der Waals surface area contributed by atoms with E-state index in [1.165, 1.54) is 12.3 Å². The molecule has 2 aliphatic rings. The molecule has 1 aliphatic heterocycles. The van der Waals surface area contributed by atoms with E-state index >= 15 is 0 Å². The highest BCUT2D eigenvalue weighted by molar-refractivity contribution is 7.93. The Morgan fingerprint density at radius 2 is 2.12 bits per heavy atom. The van der Waals surface area contributed by atoms with Gasteiger partial charge in [0, 0.05) is 49.4 Å². The van der Waals surface area contributed by atoms with E-state index in [9.17, 15) is 12.8 Å². The molecule has 2 fully saturated rings. The Bertz CT molecular complexity index is 1060. The predicted molar refractivity (Wildman–Crippen MR) is 128 cm³/mol. The maximum absolute atomic E-state index is 14.9. The van der Waals surface area contributed by atoms with Crippen LogP contribution < -0.4 is 10.0 Å². The number of halogens is 2. The molecule has 32 heavy (non-hydrogen) atoms. The molecule has 1 aliphatic carbocycles. The molecule has 2 heterocycles. The van der Waals surface area contributed by atoms with E-state index in [1.54, 1.807) is 12.4 Å². The van der Waals surface area contributed by atoms with Crippen LogP contribution in [0, 0.1) is 11.7 Å². The topological polar surface area (TPSA) is 86.7 Å². The van der Waals surface area contributed by atoms with Gasteiger partial charge in [0.25, 0.3) is 10.0 Å². The van der Waals surface area contributed by atoms with E-state index < -0.39 is 20.7 Å². The molecule has 4 rings (SSSR count). The van der Waals surface area contributed by atoms with Crippen molar-refractivity contribution in [3.05, 3.63) is 34.5 Å². The van der Waals surface area contributed by atoms with Crippen molar-refractivity contribution in [3.8, 4) is 0 Å². The molecule has 7 nitrogen and oxygen atoms in total. The quantitative estimate of drug-likeness (QED) is 0.548. The fourth-order valence-corrected chi connectivity index (χ4v) is 6.81. The lowest BCUT2D eigenvalue weighted by molar-refractivity contribution is 0.174. The third kappa shape index (κ3) is 5.24. The summed E-state index contributed by atoms with van der Waals surface area (Å²) in [4.78, 5) is 10.1. The Morgan fingerprint density at radius 3 is 2.88 bits per heavy atom. The Balaban J connectivity index is 1.51. The van der Waals surface area contributed by atoms with Gasteiger partial charge in [0.15, 0.2) is 5.13 Å². The highest BCUT2D eigenvalue weighted by Gasteiger charge is 2.34. The molecular formula is C21H27ClFN5O2S2. The van der Waals surface area contributed by atoms with Crippen molar-refractivity contribution >= 4 is 50.0 Å². The molecule has 1 saturated carbocycles. The molecule has 0 radical (unpaired) electrons. The number of anilines is 2. The average molecular weight is 500 g/mol. The fourth-order valence-electron chi connectivity index (χ4n) is 4.65. The summed E-state index contributed by atoms with van der Waals surface area (Å²) < 4.78 is 42.4. The van der Waals surface area contributed by atoms with Crippen LogP contribution in [0.3, 0.4) is 0 Å².